The predicted molar refractivity (Wildman–Crippen MR) is 78.0 cm³/mol. The Morgan fingerprint density at radius 2 is 1.86 bits per heavy atom. The number of anilines is 1. The SMILES string of the molecule is NC(=O)c1ccc(S(=O)(=O)NC2CCC(O)CC2)c(N)c1. The van der Waals surface area contributed by atoms with E-state index in [0.29, 0.717) is 25.7 Å². The first kappa shape index (κ1) is 15.7. The molecule has 1 aliphatic carbocycles. The second-order valence-electron chi connectivity index (χ2n) is 5.24. The van der Waals surface area contributed by atoms with Crippen LogP contribution in [0.4, 0.5) is 5.69 Å². The molecular weight excluding hydrogens is 294 g/mol. The number of nitrogens with two attached hydrogens (primary N) is 2. The second-order valence-corrected chi connectivity index (χ2v) is 6.93. The lowest BCUT2D eigenvalue weighted by atomic mass is 9.94. The highest BCUT2D eigenvalue weighted by Crippen LogP contribution is 2.23. The molecule has 0 radical (unpaired) electrons. The van der Waals surface area contributed by atoms with Crippen LogP contribution in [0.3, 0.4) is 0 Å². The topological polar surface area (TPSA) is 136 Å². The number of carbonyl (C=O) groups excluding carboxylic acids is 1. The Balaban J connectivity index is 2.18. The molecular formula is C13H19N3O4S. The highest BCUT2D eigenvalue weighted by molar-refractivity contribution is 7.89. The molecule has 1 aliphatic rings. The summed E-state index contributed by atoms with van der Waals surface area (Å²) in [5.41, 5.74) is 11.0. The average Bonchev–Trinajstić information content (AvgIpc) is 2.40. The number of sulfonamides is 1. The fourth-order valence-corrected chi connectivity index (χ4v) is 3.84. The van der Waals surface area contributed by atoms with Gasteiger partial charge in [0.05, 0.1) is 11.8 Å². The number of hydrogen-bond acceptors (Lipinski definition) is 5. The molecule has 0 atom stereocenters. The van der Waals surface area contributed by atoms with Crippen LogP contribution in [0, 0.1) is 0 Å². The number of carbonyl (C=O) groups is 1. The zero-order chi connectivity index (χ0) is 15.6. The maximum Gasteiger partial charge on any atom is 0.248 e. The number of amides is 1. The second kappa shape index (κ2) is 6.00. The van der Waals surface area contributed by atoms with Crippen molar-refractivity contribution in [1.82, 2.24) is 4.72 Å². The Hall–Kier alpha value is -1.64. The molecule has 1 aromatic rings. The smallest absolute Gasteiger partial charge is 0.248 e. The zero-order valence-electron chi connectivity index (χ0n) is 11.5. The van der Waals surface area contributed by atoms with Gasteiger partial charge in [0.15, 0.2) is 0 Å². The van der Waals surface area contributed by atoms with E-state index >= 15 is 0 Å². The van der Waals surface area contributed by atoms with Crippen LogP contribution in [-0.4, -0.2) is 31.6 Å². The largest absolute Gasteiger partial charge is 0.398 e. The van der Waals surface area contributed by atoms with Crippen molar-refractivity contribution in [2.75, 3.05) is 5.73 Å². The first-order chi connectivity index (χ1) is 9.79. The minimum atomic E-state index is -3.76. The molecule has 0 spiro atoms. The highest BCUT2D eigenvalue weighted by Gasteiger charge is 2.26. The first-order valence-corrected chi connectivity index (χ1v) is 8.17. The van der Waals surface area contributed by atoms with Gasteiger partial charge in [0.1, 0.15) is 4.90 Å². The van der Waals surface area contributed by atoms with E-state index in [1.165, 1.54) is 18.2 Å². The van der Waals surface area contributed by atoms with E-state index in [4.69, 9.17) is 11.5 Å². The van der Waals surface area contributed by atoms with E-state index in [0.717, 1.165) is 0 Å². The lowest BCUT2D eigenvalue weighted by molar-refractivity contribution is 0.1000. The molecule has 6 N–H and O–H groups in total. The summed E-state index contributed by atoms with van der Waals surface area (Å²) in [4.78, 5) is 11.0. The Labute approximate surface area is 123 Å². The van der Waals surface area contributed by atoms with Crippen LogP contribution >= 0.6 is 0 Å². The number of aliphatic hydroxyl groups is 1. The number of hydrogen-bond donors (Lipinski definition) is 4. The Bertz CT molecular complexity index is 637. The number of nitrogens with one attached hydrogen (secondary N) is 1. The highest BCUT2D eigenvalue weighted by atomic mass is 32.2. The molecule has 0 bridgehead atoms. The van der Waals surface area contributed by atoms with Gasteiger partial charge in [-0.05, 0) is 43.9 Å². The number of aliphatic hydroxyl groups excluding tert-OH is 1. The summed E-state index contributed by atoms with van der Waals surface area (Å²) < 4.78 is 27.2. The summed E-state index contributed by atoms with van der Waals surface area (Å²) in [7, 11) is -3.76. The number of rotatable bonds is 4. The zero-order valence-corrected chi connectivity index (χ0v) is 12.3. The number of primary amides is 1. The first-order valence-electron chi connectivity index (χ1n) is 6.69. The van der Waals surface area contributed by atoms with Crippen LogP contribution in [0.25, 0.3) is 0 Å². The summed E-state index contributed by atoms with van der Waals surface area (Å²) in [6.07, 6.45) is 1.96. The third kappa shape index (κ3) is 3.72. The van der Waals surface area contributed by atoms with Gasteiger partial charge in [-0.1, -0.05) is 0 Å². The van der Waals surface area contributed by atoms with E-state index in [1.807, 2.05) is 0 Å². The van der Waals surface area contributed by atoms with E-state index in [2.05, 4.69) is 4.72 Å². The van der Waals surface area contributed by atoms with Crippen LogP contribution in [0.5, 0.6) is 0 Å². The molecule has 0 saturated heterocycles. The minimum Gasteiger partial charge on any atom is -0.398 e. The molecule has 2 rings (SSSR count). The van der Waals surface area contributed by atoms with E-state index in [1.54, 1.807) is 0 Å². The van der Waals surface area contributed by atoms with E-state index < -0.39 is 15.9 Å². The van der Waals surface area contributed by atoms with E-state index in [9.17, 15) is 18.3 Å². The van der Waals surface area contributed by atoms with Crippen molar-refractivity contribution in [2.24, 2.45) is 5.73 Å². The standard InChI is InChI=1S/C13H19N3O4S/c14-11-7-8(13(15)18)1-6-12(11)21(19,20)16-9-2-4-10(17)5-3-9/h1,6-7,9-10,16-17H,2-5,14H2,(H2,15,18). The van der Waals surface area contributed by atoms with E-state index in [-0.39, 0.29) is 28.3 Å². The molecule has 1 amide bonds. The van der Waals surface area contributed by atoms with Crippen molar-refractivity contribution in [3.63, 3.8) is 0 Å². The maximum absolute atomic E-state index is 12.3. The molecule has 1 saturated carbocycles. The lowest BCUT2D eigenvalue weighted by Gasteiger charge is -2.26. The van der Waals surface area contributed by atoms with Crippen molar-refractivity contribution in [2.45, 2.75) is 42.7 Å². The van der Waals surface area contributed by atoms with Gasteiger partial charge in [-0.25, -0.2) is 13.1 Å². The van der Waals surface area contributed by atoms with Crippen LogP contribution in [0.15, 0.2) is 23.1 Å². The summed E-state index contributed by atoms with van der Waals surface area (Å²) in [6.45, 7) is 0. The number of nitrogen functional groups attached to an aromatic ring is 1. The summed E-state index contributed by atoms with van der Waals surface area (Å²) in [6, 6.07) is 3.64. The molecule has 0 aromatic heterocycles. The quantitative estimate of drug-likeness (QED) is 0.578. The predicted octanol–water partition coefficient (Wildman–Crippen LogP) is -0.0505. The van der Waals surface area contributed by atoms with Crippen molar-refractivity contribution < 1.29 is 18.3 Å². The van der Waals surface area contributed by atoms with Crippen molar-refractivity contribution in [1.29, 1.82) is 0 Å². The molecule has 0 aliphatic heterocycles. The molecule has 0 unspecified atom stereocenters. The van der Waals surface area contributed by atoms with Crippen molar-refractivity contribution >= 4 is 21.6 Å². The Morgan fingerprint density at radius 1 is 1.24 bits per heavy atom. The normalized spacial score (nSPS) is 22.9. The number of benzene rings is 1. The molecule has 1 aromatic carbocycles. The molecule has 0 heterocycles. The maximum atomic E-state index is 12.3. The van der Waals surface area contributed by atoms with Gasteiger partial charge < -0.3 is 16.6 Å². The van der Waals surface area contributed by atoms with Crippen LogP contribution in [0.1, 0.15) is 36.0 Å². The van der Waals surface area contributed by atoms with Gasteiger partial charge in [0.25, 0.3) is 0 Å². The third-order valence-electron chi connectivity index (χ3n) is 3.60. The van der Waals surface area contributed by atoms with Gasteiger partial charge >= 0.3 is 0 Å². The molecule has 8 heteroatoms. The third-order valence-corrected chi connectivity index (χ3v) is 5.20. The summed E-state index contributed by atoms with van der Waals surface area (Å²) >= 11 is 0. The fourth-order valence-electron chi connectivity index (χ4n) is 2.42. The van der Waals surface area contributed by atoms with Gasteiger partial charge in [-0.2, -0.15) is 0 Å². The van der Waals surface area contributed by atoms with Gasteiger partial charge in [0, 0.05) is 11.6 Å². The van der Waals surface area contributed by atoms with Crippen LogP contribution in [-0.2, 0) is 10.0 Å². The van der Waals surface area contributed by atoms with Gasteiger partial charge in [0.2, 0.25) is 15.9 Å². The molecule has 1 fully saturated rings. The molecule has 116 valence electrons. The minimum absolute atomic E-state index is 0.0188. The molecule has 21 heavy (non-hydrogen) atoms. The van der Waals surface area contributed by atoms with Crippen LogP contribution in [0.2, 0.25) is 0 Å². The summed E-state index contributed by atoms with van der Waals surface area (Å²) in [5, 5.41) is 9.43. The molecule has 7 nitrogen and oxygen atoms in total. The Kier molecular flexibility index (Phi) is 4.50. The Morgan fingerprint density at radius 3 is 2.38 bits per heavy atom. The monoisotopic (exact) mass is 313 g/mol. The summed E-state index contributed by atoms with van der Waals surface area (Å²) in [5.74, 6) is -0.667. The average molecular weight is 313 g/mol. The fraction of sp³-hybridized carbons (Fsp3) is 0.462. The van der Waals surface area contributed by atoms with Gasteiger partial charge in [-0.15, -0.1) is 0 Å². The lowest BCUT2D eigenvalue weighted by Crippen LogP contribution is -2.38. The van der Waals surface area contributed by atoms with Crippen molar-refractivity contribution in [3.8, 4) is 0 Å². The van der Waals surface area contributed by atoms with Crippen molar-refractivity contribution in [3.05, 3.63) is 23.8 Å². The van der Waals surface area contributed by atoms with Gasteiger partial charge in [-0.3, -0.25) is 4.79 Å². The van der Waals surface area contributed by atoms with Crippen LogP contribution < -0.4 is 16.2 Å².